The van der Waals surface area contributed by atoms with Crippen LogP contribution in [0.15, 0.2) is 34.5 Å². The zero-order chi connectivity index (χ0) is 17.0. The molecule has 0 aliphatic heterocycles. The number of rotatable bonds is 7. The van der Waals surface area contributed by atoms with E-state index in [1.54, 1.807) is 7.11 Å². The van der Waals surface area contributed by atoms with Crippen LogP contribution in [-0.2, 0) is 27.7 Å². The van der Waals surface area contributed by atoms with Crippen molar-refractivity contribution >= 4 is 31.9 Å². The quantitative estimate of drug-likeness (QED) is 0.605. The van der Waals surface area contributed by atoms with Crippen LogP contribution in [0.3, 0.4) is 0 Å². The molecule has 0 amide bonds. The first-order valence-electron chi connectivity index (χ1n) is 6.60. The predicted octanol–water partition coefficient (Wildman–Crippen LogP) is 2.82. The number of nitrogens with one attached hydrogen (secondary N) is 1. The lowest BCUT2D eigenvalue weighted by Crippen LogP contribution is -2.00. The second-order valence-corrected chi connectivity index (χ2v) is 8.21. The Balaban J connectivity index is 2.16. The van der Waals surface area contributed by atoms with Crippen molar-refractivity contribution in [1.82, 2.24) is 0 Å². The molecule has 0 aliphatic carbocycles. The van der Waals surface area contributed by atoms with Gasteiger partial charge in [0.1, 0.15) is 4.21 Å². The summed E-state index contributed by atoms with van der Waals surface area (Å²) in [6.45, 7) is 0.875. The summed E-state index contributed by atoms with van der Waals surface area (Å²) in [7, 11) is -1.86. The Morgan fingerprint density at radius 2 is 1.87 bits per heavy atom. The van der Waals surface area contributed by atoms with Crippen molar-refractivity contribution in [3.63, 3.8) is 0 Å². The van der Waals surface area contributed by atoms with Crippen molar-refractivity contribution in [2.24, 2.45) is 0 Å². The number of methoxy groups -OCH3 is 1. The molecule has 2 aromatic rings. The van der Waals surface area contributed by atoms with Crippen molar-refractivity contribution in [1.29, 1.82) is 0 Å². The lowest BCUT2D eigenvalue weighted by Gasteiger charge is -2.05. The third-order valence-corrected chi connectivity index (χ3v) is 5.92. The maximum Gasteiger partial charge on any atom is 0.304 e. The third-order valence-electron chi connectivity index (χ3n) is 3.04. The number of hydrogen-bond acceptors (Lipinski definition) is 7. The molecule has 1 heterocycles. The summed E-state index contributed by atoms with van der Waals surface area (Å²) in [4.78, 5) is 10.5. The Hall–Kier alpha value is -1.97. The number of ether oxygens (including phenoxy) is 1. The maximum absolute atomic E-state index is 11.5. The van der Waals surface area contributed by atoms with Gasteiger partial charge in [0.2, 0.25) is 0 Å². The molecule has 0 atom stereocenters. The summed E-state index contributed by atoms with van der Waals surface area (Å²) >= 11 is 0.865. The van der Waals surface area contributed by atoms with Crippen LogP contribution < -0.4 is 5.32 Å². The van der Waals surface area contributed by atoms with Crippen LogP contribution in [-0.4, -0.2) is 26.7 Å². The van der Waals surface area contributed by atoms with Crippen LogP contribution >= 0.6 is 11.3 Å². The van der Waals surface area contributed by atoms with Crippen LogP contribution in [0.1, 0.15) is 11.1 Å². The molecular weight excluding hydrogens is 340 g/mol. The highest BCUT2D eigenvalue weighted by atomic mass is 32.2. The summed E-state index contributed by atoms with van der Waals surface area (Å²) in [6, 6.07) is 8.68. The number of nitrogens with zero attached hydrogens (tertiary/aromatic N) is 1. The van der Waals surface area contributed by atoms with E-state index in [4.69, 9.17) is 4.74 Å². The van der Waals surface area contributed by atoms with E-state index in [0.717, 1.165) is 34.8 Å². The fourth-order valence-corrected chi connectivity index (χ4v) is 3.84. The molecule has 0 saturated heterocycles. The Bertz CT molecular complexity index is 797. The molecular formula is C14H16N2O5S2. The topological polar surface area (TPSA) is 98.5 Å². The summed E-state index contributed by atoms with van der Waals surface area (Å²) in [5.74, 6) is 0. The summed E-state index contributed by atoms with van der Waals surface area (Å²) in [5, 5.41) is 14.2. The minimum atomic E-state index is -3.47. The van der Waals surface area contributed by atoms with Gasteiger partial charge in [-0.3, -0.25) is 10.1 Å². The largest absolute Gasteiger partial charge is 0.380 e. The molecule has 7 nitrogen and oxygen atoms in total. The predicted molar refractivity (Wildman–Crippen MR) is 88.6 cm³/mol. The van der Waals surface area contributed by atoms with E-state index < -0.39 is 14.8 Å². The van der Waals surface area contributed by atoms with Gasteiger partial charge in [0, 0.05) is 26.0 Å². The molecule has 2 rings (SSSR count). The second-order valence-electron chi connectivity index (χ2n) is 4.91. The standard InChI is InChI=1S/C14H16N2O5S2/c1-21-9-11-5-3-10(4-6-11)8-15-14-12(16(17)18)7-13(22-14)23(2,19)20/h3-7,15H,8-9H2,1-2H3. The van der Waals surface area contributed by atoms with E-state index in [1.165, 1.54) is 0 Å². The maximum atomic E-state index is 11.5. The number of hydrogen-bond donors (Lipinski definition) is 1. The zero-order valence-electron chi connectivity index (χ0n) is 12.6. The van der Waals surface area contributed by atoms with Gasteiger partial charge in [-0.25, -0.2) is 8.42 Å². The van der Waals surface area contributed by atoms with Gasteiger partial charge in [0.05, 0.1) is 11.5 Å². The van der Waals surface area contributed by atoms with Crippen LogP contribution in [0.4, 0.5) is 10.7 Å². The normalized spacial score (nSPS) is 11.4. The van der Waals surface area contributed by atoms with Gasteiger partial charge in [-0.05, 0) is 11.1 Å². The SMILES string of the molecule is COCc1ccc(CNc2sc(S(C)(=O)=O)cc2[N+](=O)[O-])cc1. The first-order chi connectivity index (χ1) is 10.8. The smallest absolute Gasteiger partial charge is 0.304 e. The monoisotopic (exact) mass is 356 g/mol. The first-order valence-corrected chi connectivity index (χ1v) is 9.31. The molecule has 0 fully saturated rings. The number of sulfone groups is 1. The van der Waals surface area contributed by atoms with Crippen molar-refractivity contribution in [3.8, 4) is 0 Å². The third kappa shape index (κ3) is 4.50. The minimum absolute atomic E-state index is 0.0258. The lowest BCUT2D eigenvalue weighted by atomic mass is 10.1. The number of benzene rings is 1. The highest BCUT2D eigenvalue weighted by molar-refractivity contribution is 7.92. The second kappa shape index (κ2) is 7.07. The number of anilines is 1. The fraction of sp³-hybridized carbons (Fsp3) is 0.286. The Kier molecular flexibility index (Phi) is 5.34. The van der Waals surface area contributed by atoms with Crippen molar-refractivity contribution in [2.75, 3.05) is 18.7 Å². The molecule has 0 radical (unpaired) electrons. The minimum Gasteiger partial charge on any atom is -0.380 e. The van der Waals surface area contributed by atoms with E-state index in [1.807, 2.05) is 24.3 Å². The summed E-state index contributed by atoms with van der Waals surface area (Å²) in [5.41, 5.74) is 1.72. The molecule has 0 aliphatic rings. The van der Waals surface area contributed by atoms with Crippen molar-refractivity contribution in [2.45, 2.75) is 17.4 Å². The zero-order valence-corrected chi connectivity index (χ0v) is 14.2. The Morgan fingerprint density at radius 3 is 2.39 bits per heavy atom. The highest BCUT2D eigenvalue weighted by Crippen LogP contribution is 2.37. The van der Waals surface area contributed by atoms with E-state index in [-0.39, 0.29) is 14.9 Å². The lowest BCUT2D eigenvalue weighted by molar-refractivity contribution is -0.383. The first kappa shape index (κ1) is 17.4. The van der Waals surface area contributed by atoms with Crippen LogP contribution in [0.5, 0.6) is 0 Å². The molecule has 124 valence electrons. The van der Waals surface area contributed by atoms with Gasteiger partial charge in [0.25, 0.3) is 0 Å². The van der Waals surface area contributed by atoms with Gasteiger partial charge in [-0.2, -0.15) is 0 Å². The Morgan fingerprint density at radius 1 is 1.26 bits per heavy atom. The fourth-order valence-electron chi connectivity index (χ4n) is 1.91. The molecule has 0 bridgehead atoms. The van der Waals surface area contributed by atoms with Gasteiger partial charge >= 0.3 is 5.69 Å². The van der Waals surface area contributed by atoms with E-state index in [0.29, 0.717) is 13.2 Å². The molecule has 23 heavy (non-hydrogen) atoms. The van der Waals surface area contributed by atoms with E-state index >= 15 is 0 Å². The molecule has 1 N–H and O–H groups in total. The average molecular weight is 356 g/mol. The average Bonchev–Trinajstić information content (AvgIpc) is 2.91. The van der Waals surface area contributed by atoms with Crippen LogP contribution in [0.25, 0.3) is 0 Å². The van der Waals surface area contributed by atoms with Gasteiger partial charge < -0.3 is 10.1 Å². The summed E-state index contributed by atoms with van der Waals surface area (Å²) in [6.07, 6.45) is 1.03. The van der Waals surface area contributed by atoms with Crippen molar-refractivity contribution < 1.29 is 18.1 Å². The molecule has 0 spiro atoms. The molecule has 0 saturated carbocycles. The summed E-state index contributed by atoms with van der Waals surface area (Å²) < 4.78 is 28.1. The van der Waals surface area contributed by atoms with E-state index in [9.17, 15) is 18.5 Å². The molecule has 1 aromatic carbocycles. The van der Waals surface area contributed by atoms with Crippen molar-refractivity contribution in [3.05, 3.63) is 51.6 Å². The molecule has 1 aromatic heterocycles. The van der Waals surface area contributed by atoms with Gasteiger partial charge in [-0.15, -0.1) is 0 Å². The van der Waals surface area contributed by atoms with E-state index in [2.05, 4.69) is 5.32 Å². The number of nitro groups is 1. The number of thiophene rings is 1. The Labute approximate surface area is 138 Å². The highest BCUT2D eigenvalue weighted by Gasteiger charge is 2.23. The molecule has 9 heteroatoms. The van der Waals surface area contributed by atoms with Gasteiger partial charge in [0.15, 0.2) is 14.8 Å². The van der Waals surface area contributed by atoms with Crippen LogP contribution in [0.2, 0.25) is 0 Å². The van der Waals surface area contributed by atoms with Gasteiger partial charge in [-0.1, -0.05) is 35.6 Å². The molecule has 0 unspecified atom stereocenters. The van der Waals surface area contributed by atoms with Crippen LogP contribution in [0, 0.1) is 10.1 Å².